The SMILES string of the molecule is O=C(c1ccoc1)N1CCC(NS(=O)(=O)c2cccc(C(F)(F)F)c2)CC1. The average molecular weight is 402 g/mol. The van der Waals surface area contributed by atoms with Crippen molar-refractivity contribution in [2.75, 3.05) is 13.1 Å². The molecule has 1 fully saturated rings. The zero-order valence-electron chi connectivity index (χ0n) is 14.1. The van der Waals surface area contributed by atoms with Crippen LogP contribution in [-0.2, 0) is 16.2 Å². The number of carbonyl (C=O) groups is 1. The number of nitrogens with zero attached hydrogens (tertiary/aromatic N) is 1. The van der Waals surface area contributed by atoms with E-state index in [1.54, 1.807) is 11.0 Å². The average Bonchev–Trinajstić information content (AvgIpc) is 3.15. The van der Waals surface area contributed by atoms with E-state index in [2.05, 4.69) is 4.72 Å². The summed E-state index contributed by atoms with van der Waals surface area (Å²) in [4.78, 5) is 13.4. The maximum Gasteiger partial charge on any atom is 0.416 e. The van der Waals surface area contributed by atoms with Crippen LogP contribution in [-0.4, -0.2) is 38.4 Å². The highest BCUT2D eigenvalue weighted by atomic mass is 32.2. The van der Waals surface area contributed by atoms with E-state index in [9.17, 15) is 26.4 Å². The number of benzene rings is 1. The molecule has 1 N–H and O–H groups in total. The Morgan fingerprint density at radius 3 is 2.48 bits per heavy atom. The fourth-order valence-corrected chi connectivity index (χ4v) is 4.25. The van der Waals surface area contributed by atoms with Crippen LogP contribution >= 0.6 is 0 Å². The molecule has 1 aromatic heterocycles. The van der Waals surface area contributed by atoms with Gasteiger partial charge in [0.1, 0.15) is 6.26 Å². The molecule has 2 heterocycles. The van der Waals surface area contributed by atoms with Gasteiger partial charge in [0.15, 0.2) is 0 Å². The van der Waals surface area contributed by atoms with Crippen LogP contribution in [0.3, 0.4) is 0 Å². The van der Waals surface area contributed by atoms with E-state index in [-0.39, 0.29) is 5.91 Å². The number of hydrogen-bond donors (Lipinski definition) is 1. The third-order valence-electron chi connectivity index (χ3n) is 4.34. The molecule has 1 amide bonds. The molecule has 0 atom stereocenters. The van der Waals surface area contributed by atoms with Crippen LogP contribution in [0.5, 0.6) is 0 Å². The second-order valence-electron chi connectivity index (χ2n) is 6.23. The van der Waals surface area contributed by atoms with E-state index in [0.29, 0.717) is 37.6 Å². The van der Waals surface area contributed by atoms with Crippen LogP contribution in [0.25, 0.3) is 0 Å². The predicted octanol–water partition coefficient (Wildman–Crippen LogP) is 2.88. The highest BCUT2D eigenvalue weighted by molar-refractivity contribution is 7.89. The van der Waals surface area contributed by atoms with Gasteiger partial charge in [-0.05, 0) is 37.1 Å². The number of alkyl halides is 3. The van der Waals surface area contributed by atoms with Gasteiger partial charge < -0.3 is 9.32 Å². The summed E-state index contributed by atoms with van der Waals surface area (Å²) < 4.78 is 70.5. The van der Waals surface area contributed by atoms with E-state index in [4.69, 9.17) is 4.42 Å². The first-order chi connectivity index (χ1) is 12.7. The van der Waals surface area contributed by atoms with Gasteiger partial charge in [0, 0.05) is 19.1 Å². The molecule has 0 radical (unpaired) electrons. The molecule has 3 rings (SSSR count). The number of nitrogens with one attached hydrogen (secondary N) is 1. The summed E-state index contributed by atoms with van der Waals surface area (Å²) in [6, 6.07) is 4.69. The van der Waals surface area contributed by atoms with E-state index in [1.165, 1.54) is 12.5 Å². The molecule has 27 heavy (non-hydrogen) atoms. The van der Waals surface area contributed by atoms with Crippen molar-refractivity contribution in [2.45, 2.75) is 30.0 Å². The number of sulfonamides is 1. The number of piperidine rings is 1. The number of hydrogen-bond acceptors (Lipinski definition) is 4. The van der Waals surface area contributed by atoms with Crippen LogP contribution < -0.4 is 4.72 Å². The summed E-state index contributed by atoms with van der Waals surface area (Å²) in [5.74, 6) is -0.206. The Kier molecular flexibility index (Phi) is 5.29. The number of amides is 1. The summed E-state index contributed by atoms with van der Waals surface area (Å²) in [5.41, 5.74) is -0.608. The Labute approximate surface area is 154 Å². The van der Waals surface area contributed by atoms with Crippen molar-refractivity contribution in [3.63, 3.8) is 0 Å². The van der Waals surface area contributed by atoms with Crippen molar-refractivity contribution < 1.29 is 30.8 Å². The molecule has 2 aromatic rings. The van der Waals surface area contributed by atoms with Crippen LogP contribution in [0.15, 0.2) is 52.2 Å². The molecule has 1 aliphatic rings. The van der Waals surface area contributed by atoms with Gasteiger partial charge >= 0.3 is 6.18 Å². The molecular formula is C17H17F3N2O4S. The largest absolute Gasteiger partial charge is 0.472 e. The van der Waals surface area contributed by atoms with Crippen molar-refractivity contribution in [1.82, 2.24) is 9.62 Å². The smallest absolute Gasteiger partial charge is 0.416 e. The topological polar surface area (TPSA) is 79.6 Å². The van der Waals surface area contributed by atoms with Gasteiger partial charge in [0.25, 0.3) is 5.91 Å². The van der Waals surface area contributed by atoms with E-state index in [1.807, 2.05) is 0 Å². The maximum atomic E-state index is 12.8. The Balaban J connectivity index is 1.64. The number of rotatable bonds is 4. The van der Waals surface area contributed by atoms with Crippen molar-refractivity contribution in [1.29, 1.82) is 0 Å². The monoisotopic (exact) mass is 402 g/mol. The lowest BCUT2D eigenvalue weighted by Crippen LogP contribution is -2.46. The first-order valence-electron chi connectivity index (χ1n) is 8.18. The lowest BCUT2D eigenvalue weighted by Gasteiger charge is -2.32. The number of carbonyl (C=O) groups excluding carboxylic acids is 1. The molecule has 0 spiro atoms. The minimum Gasteiger partial charge on any atom is -0.472 e. The van der Waals surface area contributed by atoms with Crippen molar-refractivity contribution in [3.05, 3.63) is 54.0 Å². The van der Waals surface area contributed by atoms with Gasteiger partial charge in [-0.15, -0.1) is 0 Å². The van der Waals surface area contributed by atoms with E-state index >= 15 is 0 Å². The second-order valence-corrected chi connectivity index (χ2v) is 7.94. The van der Waals surface area contributed by atoms with Gasteiger partial charge in [0.05, 0.1) is 22.3 Å². The Morgan fingerprint density at radius 2 is 1.89 bits per heavy atom. The highest BCUT2D eigenvalue weighted by Crippen LogP contribution is 2.30. The van der Waals surface area contributed by atoms with Gasteiger partial charge in [-0.25, -0.2) is 13.1 Å². The number of halogens is 3. The molecule has 0 unspecified atom stereocenters. The lowest BCUT2D eigenvalue weighted by atomic mass is 10.1. The van der Waals surface area contributed by atoms with Crippen LogP contribution in [0.2, 0.25) is 0 Å². The zero-order valence-corrected chi connectivity index (χ0v) is 14.9. The normalized spacial score (nSPS) is 16.5. The van der Waals surface area contributed by atoms with Crippen LogP contribution in [0, 0.1) is 0 Å². The van der Waals surface area contributed by atoms with Crippen molar-refractivity contribution in [2.24, 2.45) is 0 Å². The van der Waals surface area contributed by atoms with Gasteiger partial charge in [-0.1, -0.05) is 6.07 Å². The third kappa shape index (κ3) is 4.51. The minimum absolute atomic E-state index is 0.206. The maximum absolute atomic E-state index is 12.8. The molecule has 0 aliphatic carbocycles. The zero-order chi connectivity index (χ0) is 19.7. The Morgan fingerprint density at radius 1 is 1.19 bits per heavy atom. The first-order valence-corrected chi connectivity index (χ1v) is 9.66. The molecular weight excluding hydrogens is 385 g/mol. The molecule has 6 nitrogen and oxygen atoms in total. The lowest BCUT2D eigenvalue weighted by molar-refractivity contribution is -0.137. The summed E-state index contributed by atoms with van der Waals surface area (Å²) in [7, 11) is -4.09. The summed E-state index contributed by atoms with van der Waals surface area (Å²) in [6.07, 6.45) is -1.16. The molecule has 1 aliphatic heterocycles. The first kappa shape index (κ1) is 19.4. The molecule has 0 saturated carbocycles. The van der Waals surface area contributed by atoms with E-state index < -0.39 is 32.7 Å². The summed E-state index contributed by atoms with van der Waals surface area (Å²) >= 11 is 0. The number of likely N-dealkylation sites (tertiary alicyclic amines) is 1. The highest BCUT2D eigenvalue weighted by Gasteiger charge is 2.32. The van der Waals surface area contributed by atoms with Crippen LogP contribution in [0.1, 0.15) is 28.8 Å². The van der Waals surface area contributed by atoms with Gasteiger partial charge in [-0.3, -0.25) is 4.79 Å². The number of furan rings is 1. The van der Waals surface area contributed by atoms with E-state index in [0.717, 1.165) is 18.2 Å². The quantitative estimate of drug-likeness (QED) is 0.853. The Bertz CT molecular complexity index is 903. The predicted molar refractivity (Wildman–Crippen MR) is 89.4 cm³/mol. The summed E-state index contributed by atoms with van der Waals surface area (Å²) in [6.45, 7) is 0.666. The Hall–Kier alpha value is -2.33. The standard InChI is InChI=1S/C17H17F3N2O4S/c18-17(19,20)13-2-1-3-15(10-13)27(24,25)21-14-4-7-22(8-5-14)16(23)12-6-9-26-11-12/h1-3,6,9-11,14,21H,4-5,7-8H2. The van der Waals surface area contributed by atoms with Crippen LogP contribution in [0.4, 0.5) is 13.2 Å². The van der Waals surface area contributed by atoms with Gasteiger partial charge in [-0.2, -0.15) is 13.2 Å². The van der Waals surface area contributed by atoms with Crippen molar-refractivity contribution >= 4 is 15.9 Å². The molecule has 146 valence electrons. The van der Waals surface area contributed by atoms with Crippen molar-refractivity contribution in [3.8, 4) is 0 Å². The second kappa shape index (κ2) is 7.35. The summed E-state index contributed by atoms with van der Waals surface area (Å²) in [5, 5.41) is 0. The fourth-order valence-electron chi connectivity index (χ4n) is 2.90. The van der Waals surface area contributed by atoms with Gasteiger partial charge in [0.2, 0.25) is 10.0 Å². The molecule has 1 saturated heterocycles. The minimum atomic E-state index is -4.62. The fraction of sp³-hybridized carbons (Fsp3) is 0.353. The molecule has 0 bridgehead atoms. The molecule has 1 aromatic carbocycles. The molecule has 10 heteroatoms. The third-order valence-corrected chi connectivity index (χ3v) is 5.86.